The summed E-state index contributed by atoms with van der Waals surface area (Å²) in [4.78, 5) is 22.5. The second-order valence-electron chi connectivity index (χ2n) is 5.30. The molecule has 0 unspecified atom stereocenters. The van der Waals surface area contributed by atoms with E-state index in [1.54, 1.807) is 6.92 Å². The van der Waals surface area contributed by atoms with Gasteiger partial charge in [-0.3, -0.25) is 14.9 Å². The number of aliphatic hydroxyl groups is 1. The Morgan fingerprint density at radius 1 is 1.48 bits per heavy atom. The van der Waals surface area contributed by atoms with E-state index in [4.69, 9.17) is 17.0 Å². The predicted molar refractivity (Wildman–Crippen MR) is 85.5 cm³/mol. The molecule has 2 rings (SSSR count). The number of carbonyl (C=O) groups excluding carboxylic acids is 1. The lowest BCUT2D eigenvalue weighted by Crippen LogP contribution is -2.65. The third-order valence-corrected chi connectivity index (χ3v) is 3.82. The number of nitro groups is 1. The second-order valence-corrected chi connectivity index (χ2v) is 5.71. The van der Waals surface area contributed by atoms with Crippen molar-refractivity contribution in [3.8, 4) is 0 Å². The molecule has 0 spiro atoms. The number of thiocarbonyl (C=S) groups is 1. The molecule has 3 N–H and O–H groups in total. The van der Waals surface area contributed by atoms with Crippen LogP contribution in [0.3, 0.4) is 0 Å². The molecule has 1 aliphatic heterocycles. The summed E-state index contributed by atoms with van der Waals surface area (Å²) in [6, 6.07) is 5.04. The largest absolute Gasteiger partial charge is 0.466 e. The van der Waals surface area contributed by atoms with Crippen LogP contribution >= 0.6 is 12.2 Å². The van der Waals surface area contributed by atoms with Crippen molar-refractivity contribution >= 4 is 29.0 Å². The molecule has 0 aliphatic carbocycles. The lowest BCUT2D eigenvalue weighted by Gasteiger charge is -2.43. The number of benzene rings is 1. The van der Waals surface area contributed by atoms with Gasteiger partial charge in [-0.1, -0.05) is 12.1 Å². The molecule has 1 aliphatic rings. The number of nitrogens with zero attached hydrogens (tertiary/aromatic N) is 1. The van der Waals surface area contributed by atoms with Crippen molar-refractivity contribution in [2.24, 2.45) is 5.92 Å². The topological polar surface area (TPSA) is 114 Å². The predicted octanol–water partition coefficient (Wildman–Crippen LogP) is 1.00. The van der Waals surface area contributed by atoms with Crippen molar-refractivity contribution in [2.45, 2.75) is 25.6 Å². The fraction of sp³-hybridized carbons (Fsp3) is 0.429. The molecule has 124 valence electrons. The minimum absolute atomic E-state index is 0.0651. The minimum atomic E-state index is -1.61. The van der Waals surface area contributed by atoms with E-state index in [0.29, 0.717) is 5.56 Å². The highest BCUT2D eigenvalue weighted by Gasteiger charge is 2.48. The van der Waals surface area contributed by atoms with E-state index in [-0.39, 0.29) is 17.4 Å². The molecular formula is C14H17N3O5S. The molecule has 3 atom stereocenters. The Morgan fingerprint density at radius 2 is 2.09 bits per heavy atom. The highest BCUT2D eigenvalue weighted by Crippen LogP contribution is 2.34. The van der Waals surface area contributed by atoms with Crippen LogP contribution in [0.2, 0.25) is 0 Å². The standard InChI is InChI=1S/C14H17N3O5S/c1-3-22-12(18)10-11(15-13(23)16-14(10,2)19)8-4-6-9(7-5-8)17(20)21/h4-7,10-11,19H,3H2,1-2H3,(H2,15,16,23)/t10-,11-,14-/m0/s1. The number of non-ortho nitro benzene ring substituents is 1. The number of carbonyl (C=O) groups is 1. The SMILES string of the molecule is CCOC(=O)[C@@H]1[C@H](c2ccc([N+](=O)[O-])cc2)NC(=S)N[C@@]1(C)O. The first-order valence-corrected chi connectivity index (χ1v) is 7.39. The van der Waals surface area contributed by atoms with Gasteiger partial charge in [-0.2, -0.15) is 0 Å². The highest BCUT2D eigenvalue weighted by atomic mass is 32.1. The Morgan fingerprint density at radius 3 is 2.61 bits per heavy atom. The number of esters is 1. The second kappa shape index (κ2) is 6.47. The lowest BCUT2D eigenvalue weighted by molar-refractivity contribution is -0.384. The van der Waals surface area contributed by atoms with Crippen LogP contribution in [0.15, 0.2) is 24.3 Å². The first-order valence-electron chi connectivity index (χ1n) is 6.98. The smallest absolute Gasteiger partial charge is 0.316 e. The molecule has 0 amide bonds. The molecule has 1 heterocycles. The van der Waals surface area contributed by atoms with E-state index in [1.165, 1.54) is 31.2 Å². The summed E-state index contributed by atoms with van der Waals surface area (Å²) < 4.78 is 5.04. The maximum Gasteiger partial charge on any atom is 0.316 e. The average Bonchev–Trinajstić information content (AvgIpc) is 2.45. The van der Waals surface area contributed by atoms with Gasteiger partial charge in [0, 0.05) is 12.1 Å². The van der Waals surface area contributed by atoms with E-state index in [9.17, 15) is 20.0 Å². The molecule has 1 fully saturated rings. The molecule has 0 bridgehead atoms. The average molecular weight is 339 g/mol. The van der Waals surface area contributed by atoms with Crippen LogP contribution in [0, 0.1) is 16.0 Å². The third kappa shape index (κ3) is 3.57. The summed E-state index contributed by atoms with van der Waals surface area (Å²) >= 11 is 5.06. The summed E-state index contributed by atoms with van der Waals surface area (Å²) in [5.41, 5.74) is -1.09. The maximum absolute atomic E-state index is 12.3. The summed E-state index contributed by atoms with van der Waals surface area (Å²) in [6.45, 7) is 3.27. The van der Waals surface area contributed by atoms with Crippen molar-refractivity contribution in [1.29, 1.82) is 0 Å². The van der Waals surface area contributed by atoms with Crippen molar-refractivity contribution in [2.75, 3.05) is 6.61 Å². The van der Waals surface area contributed by atoms with Crippen LogP contribution in [0.4, 0.5) is 5.69 Å². The molecule has 0 radical (unpaired) electrons. The third-order valence-electron chi connectivity index (χ3n) is 3.60. The van der Waals surface area contributed by atoms with Crippen molar-refractivity contribution in [3.63, 3.8) is 0 Å². The molecular weight excluding hydrogens is 322 g/mol. The summed E-state index contributed by atoms with van der Waals surface area (Å²) in [6.07, 6.45) is 0. The summed E-state index contributed by atoms with van der Waals surface area (Å²) in [7, 11) is 0. The van der Waals surface area contributed by atoms with Crippen LogP contribution in [-0.2, 0) is 9.53 Å². The Bertz CT molecular complexity index is 632. The first-order chi connectivity index (χ1) is 10.8. The van der Waals surface area contributed by atoms with E-state index in [0.717, 1.165) is 0 Å². The lowest BCUT2D eigenvalue weighted by atomic mass is 9.83. The molecule has 1 aromatic rings. The van der Waals surface area contributed by atoms with E-state index in [2.05, 4.69) is 10.6 Å². The zero-order valence-corrected chi connectivity index (χ0v) is 13.4. The molecule has 1 aromatic carbocycles. The van der Waals surface area contributed by atoms with E-state index in [1.807, 2.05) is 0 Å². The van der Waals surface area contributed by atoms with Gasteiger partial charge in [-0.05, 0) is 31.6 Å². The number of nitro benzene ring substituents is 1. The number of hydrogen-bond donors (Lipinski definition) is 3. The van der Waals surface area contributed by atoms with Crippen molar-refractivity contribution < 1.29 is 19.6 Å². The number of nitrogens with one attached hydrogen (secondary N) is 2. The minimum Gasteiger partial charge on any atom is -0.466 e. The fourth-order valence-electron chi connectivity index (χ4n) is 2.57. The van der Waals surface area contributed by atoms with Crippen LogP contribution in [-0.4, -0.2) is 33.4 Å². The maximum atomic E-state index is 12.3. The number of rotatable bonds is 4. The van der Waals surface area contributed by atoms with E-state index >= 15 is 0 Å². The van der Waals surface area contributed by atoms with Crippen LogP contribution in [0.1, 0.15) is 25.5 Å². The molecule has 1 saturated heterocycles. The van der Waals surface area contributed by atoms with E-state index < -0.39 is 28.6 Å². The van der Waals surface area contributed by atoms with Gasteiger partial charge in [0.25, 0.3) is 5.69 Å². The first kappa shape index (κ1) is 17.1. The molecule has 9 heteroatoms. The van der Waals surface area contributed by atoms with Crippen LogP contribution in [0.5, 0.6) is 0 Å². The molecule has 23 heavy (non-hydrogen) atoms. The van der Waals surface area contributed by atoms with Gasteiger partial charge in [0.2, 0.25) is 0 Å². The van der Waals surface area contributed by atoms with Gasteiger partial charge in [0.15, 0.2) is 5.11 Å². The van der Waals surface area contributed by atoms with Crippen molar-refractivity contribution in [3.05, 3.63) is 39.9 Å². The zero-order valence-electron chi connectivity index (χ0n) is 12.6. The van der Waals surface area contributed by atoms with Gasteiger partial charge in [0.1, 0.15) is 11.6 Å². The number of ether oxygens (including phenoxy) is 1. The highest BCUT2D eigenvalue weighted by molar-refractivity contribution is 7.80. The van der Waals surface area contributed by atoms with Crippen LogP contribution in [0.25, 0.3) is 0 Å². The monoisotopic (exact) mass is 339 g/mol. The van der Waals surface area contributed by atoms with Gasteiger partial charge < -0.3 is 20.5 Å². The summed E-state index contributed by atoms with van der Waals surface area (Å²) in [5, 5.41) is 27.0. The van der Waals surface area contributed by atoms with Gasteiger partial charge in [-0.15, -0.1) is 0 Å². The quantitative estimate of drug-likeness (QED) is 0.322. The molecule has 8 nitrogen and oxygen atoms in total. The van der Waals surface area contributed by atoms with Crippen LogP contribution < -0.4 is 10.6 Å². The molecule has 0 aromatic heterocycles. The summed E-state index contributed by atoms with van der Waals surface area (Å²) in [5.74, 6) is -1.57. The van der Waals surface area contributed by atoms with Crippen molar-refractivity contribution in [1.82, 2.24) is 10.6 Å². The Labute approximate surface area is 138 Å². The normalized spacial score (nSPS) is 26.8. The van der Waals surface area contributed by atoms with Gasteiger partial charge in [0.05, 0.1) is 17.6 Å². The Kier molecular flexibility index (Phi) is 4.81. The van der Waals surface area contributed by atoms with Gasteiger partial charge >= 0.3 is 5.97 Å². The van der Waals surface area contributed by atoms with Gasteiger partial charge in [-0.25, -0.2) is 0 Å². The fourth-order valence-corrected chi connectivity index (χ4v) is 2.90. The molecule has 0 saturated carbocycles. The Hall–Kier alpha value is -2.26. The number of hydrogen-bond acceptors (Lipinski definition) is 6. The Balaban J connectivity index is 2.40. The zero-order chi connectivity index (χ0) is 17.2.